The summed E-state index contributed by atoms with van der Waals surface area (Å²) in [6.07, 6.45) is -1.87. The molecule has 4 saturated carbocycles. The Morgan fingerprint density at radius 1 is 1.02 bits per heavy atom. The van der Waals surface area contributed by atoms with Crippen LogP contribution in [0.25, 0.3) is 0 Å². The summed E-state index contributed by atoms with van der Waals surface area (Å²) in [6.45, 7) is 12.2. The first-order chi connectivity index (χ1) is 20.3. The van der Waals surface area contributed by atoms with Crippen LogP contribution in [0.3, 0.4) is 0 Å². The summed E-state index contributed by atoms with van der Waals surface area (Å²) in [7, 11) is 0. The zero-order valence-electron chi connectivity index (χ0n) is 25.6. The number of ketones is 1. The summed E-state index contributed by atoms with van der Waals surface area (Å²) in [5.74, 6) is -3.65. The van der Waals surface area contributed by atoms with Crippen molar-refractivity contribution in [1.29, 1.82) is 0 Å². The lowest BCUT2D eigenvalue weighted by molar-refractivity contribution is -0.191. The van der Waals surface area contributed by atoms with E-state index in [1.165, 1.54) is 0 Å². The van der Waals surface area contributed by atoms with Gasteiger partial charge in [0.1, 0.15) is 18.0 Å². The molecule has 0 heterocycles. The van der Waals surface area contributed by atoms with E-state index in [1.54, 1.807) is 6.08 Å². The quantitative estimate of drug-likeness (QED) is 0.207. The second-order valence-electron chi connectivity index (χ2n) is 13.4. The highest BCUT2D eigenvalue weighted by molar-refractivity contribution is 5.88. The van der Waals surface area contributed by atoms with E-state index in [4.69, 9.17) is 35.6 Å². The van der Waals surface area contributed by atoms with E-state index in [0.29, 0.717) is 25.7 Å². The summed E-state index contributed by atoms with van der Waals surface area (Å²) in [5.41, 5.74) is 4.02. The number of aliphatic hydroxyl groups is 3. The largest absolute Gasteiger partial charge is 0.479 e. The minimum absolute atomic E-state index is 0.0158. The Morgan fingerprint density at radius 3 is 2.07 bits per heavy atom. The van der Waals surface area contributed by atoms with Crippen LogP contribution < -0.4 is 11.1 Å². The average Bonchev–Trinajstić information content (AvgIpc) is 3.29. The number of alkyl carbamates (subject to hydrolysis) is 2. The molecule has 14 nitrogen and oxygen atoms in total. The summed E-state index contributed by atoms with van der Waals surface area (Å²) < 4.78 is 11.2. The number of Topliss-reactive ketones (excluding diaryl/α,β-unsaturated/α-hetero) is 1. The molecule has 14 heteroatoms. The Bertz CT molecular complexity index is 1140. The second kappa shape index (κ2) is 13.1. The summed E-state index contributed by atoms with van der Waals surface area (Å²) in [6, 6.07) is 0.0158. The van der Waals surface area contributed by atoms with Crippen LogP contribution in [0.1, 0.15) is 72.6 Å². The number of carbonyl (C=O) groups is 5. The normalized spacial score (nSPS) is 40.6. The third kappa shape index (κ3) is 6.49. The molecule has 0 aromatic heterocycles. The molecule has 0 aromatic carbocycles. The SMILES string of the molecule is C=C[C@]1(C)C[C@@H](OC(=O)NC(=O)OC2CC(N)C2)[C@]2(C)[C@H](C)CC[C@]3(CCC(=O)[C@H]32)[C@@H](C)[C@@H]1O.O=C(O)[C@H](O)[C@@H](O)C(=O)O. The van der Waals surface area contributed by atoms with Gasteiger partial charge in [-0.25, -0.2) is 24.5 Å². The fourth-order valence-electron chi connectivity index (χ4n) is 7.90. The minimum Gasteiger partial charge on any atom is -0.479 e. The van der Waals surface area contributed by atoms with Gasteiger partial charge in [0, 0.05) is 29.2 Å². The molecule has 4 rings (SSSR count). The summed E-state index contributed by atoms with van der Waals surface area (Å²) >= 11 is 0. The van der Waals surface area contributed by atoms with E-state index in [1.807, 2.05) is 6.92 Å². The van der Waals surface area contributed by atoms with E-state index >= 15 is 0 Å². The van der Waals surface area contributed by atoms with E-state index in [2.05, 4.69) is 32.7 Å². The van der Waals surface area contributed by atoms with Crippen molar-refractivity contribution < 1.29 is 59.0 Å². The van der Waals surface area contributed by atoms with E-state index < -0.39 is 59.4 Å². The van der Waals surface area contributed by atoms with E-state index in [-0.39, 0.29) is 41.1 Å². The topological polar surface area (TPSA) is 243 Å². The molecule has 4 aliphatic carbocycles. The van der Waals surface area contributed by atoms with Crippen molar-refractivity contribution in [2.75, 3.05) is 0 Å². The van der Waals surface area contributed by atoms with Crippen molar-refractivity contribution in [1.82, 2.24) is 5.32 Å². The van der Waals surface area contributed by atoms with Crippen LogP contribution in [0.15, 0.2) is 12.7 Å². The molecule has 2 bridgehead atoms. The van der Waals surface area contributed by atoms with Gasteiger partial charge in [0.25, 0.3) is 0 Å². The molecule has 44 heavy (non-hydrogen) atoms. The standard InChI is InChI=1S/C26H40N2O6.C4H6O6/c1-6-24(4)13-19(34-23(32)28-22(31)33-17-11-16(27)12-17)25(5)14(2)7-9-26(15(3)21(24)30)10-8-18(29)20(25)26;5-1(3(7)8)2(6)4(9)10/h6,14-17,19-21,30H,1,7-13,27H2,2-5H3,(H,28,31,32);1-2,5-6H,(H,7,8)(H,9,10)/t14-,15+,16?,17?,19-,20+,21+,24-,25+,26+;1-,2-/m11/s1. The number of carboxylic acid groups (broad SMARTS) is 2. The number of hydrogen-bond acceptors (Lipinski definition) is 11. The maximum absolute atomic E-state index is 13.4. The zero-order valence-corrected chi connectivity index (χ0v) is 25.6. The number of ether oxygens (including phenoxy) is 2. The Morgan fingerprint density at radius 2 is 1.57 bits per heavy atom. The van der Waals surface area contributed by atoms with Gasteiger partial charge >= 0.3 is 24.1 Å². The van der Waals surface area contributed by atoms with Crippen LogP contribution in [0.2, 0.25) is 0 Å². The Balaban J connectivity index is 0.000000456. The lowest BCUT2D eigenvalue weighted by atomic mass is 9.44. The van der Waals surface area contributed by atoms with Crippen LogP contribution in [-0.4, -0.2) is 92.0 Å². The monoisotopic (exact) mass is 626 g/mol. The number of aliphatic carboxylic acids is 2. The Kier molecular flexibility index (Phi) is 10.6. The van der Waals surface area contributed by atoms with Crippen LogP contribution in [-0.2, 0) is 23.9 Å². The minimum atomic E-state index is -2.27. The van der Waals surface area contributed by atoms with Crippen LogP contribution in [0, 0.1) is 34.0 Å². The molecule has 0 aromatic rings. The fraction of sp³-hybridized carbons (Fsp3) is 0.767. The van der Waals surface area contributed by atoms with Gasteiger partial charge in [-0.3, -0.25) is 4.79 Å². The molecule has 0 spiro atoms. The number of aliphatic hydroxyl groups excluding tert-OH is 3. The van der Waals surface area contributed by atoms with Gasteiger partial charge in [-0.2, -0.15) is 0 Å². The highest BCUT2D eigenvalue weighted by Gasteiger charge is 2.68. The third-order valence-corrected chi connectivity index (χ3v) is 11.0. The van der Waals surface area contributed by atoms with Crippen LogP contribution in [0.4, 0.5) is 9.59 Å². The molecule has 0 radical (unpaired) electrons. The molecule has 0 unspecified atom stereocenters. The van der Waals surface area contributed by atoms with Crippen molar-refractivity contribution in [3.63, 3.8) is 0 Å². The highest BCUT2D eigenvalue weighted by Crippen LogP contribution is 2.68. The highest BCUT2D eigenvalue weighted by atomic mass is 16.6. The van der Waals surface area contributed by atoms with Gasteiger partial charge in [-0.05, 0) is 55.8 Å². The van der Waals surface area contributed by atoms with Gasteiger partial charge in [-0.1, -0.05) is 33.8 Å². The van der Waals surface area contributed by atoms with Gasteiger partial charge in [0.05, 0.1) is 6.10 Å². The Labute approximate surface area is 256 Å². The summed E-state index contributed by atoms with van der Waals surface area (Å²) in [4.78, 5) is 58.0. The van der Waals surface area contributed by atoms with Crippen molar-refractivity contribution in [2.24, 2.45) is 39.7 Å². The maximum atomic E-state index is 13.4. The van der Waals surface area contributed by atoms with Crippen LogP contribution in [0.5, 0.6) is 0 Å². The first-order valence-corrected chi connectivity index (χ1v) is 14.9. The number of imide groups is 1. The van der Waals surface area contributed by atoms with Crippen molar-refractivity contribution in [2.45, 2.75) is 109 Å². The van der Waals surface area contributed by atoms with Crippen molar-refractivity contribution in [3.05, 3.63) is 12.7 Å². The van der Waals surface area contributed by atoms with Gasteiger partial charge in [0.2, 0.25) is 0 Å². The average molecular weight is 627 g/mol. The zero-order chi connectivity index (χ0) is 33.4. The van der Waals surface area contributed by atoms with Crippen molar-refractivity contribution in [3.8, 4) is 0 Å². The number of hydrogen-bond donors (Lipinski definition) is 7. The predicted octanol–water partition coefficient (Wildman–Crippen LogP) is 1.58. The van der Waals surface area contributed by atoms with Crippen molar-refractivity contribution >= 4 is 29.9 Å². The van der Waals surface area contributed by atoms with Crippen LogP contribution >= 0.6 is 0 Å². The molecule has 2 amide bonds. The number of carbonyl (C=O) groups excluding carboxylic acids is 3. The first kappa shape index (κ1) is 35.4. The molecule has 10 atom stereocenters. The number of nitrogens with two attached hydrogens (primary N) is 1. The Hall–Kier alpha value is -3.07. The summed E-state index contributed by atoms with van der Waals surface area (Å²) in [5, 5.41) is 46.2. The fourth-order valence-corrected chi connectivity index (χ4v) is 7.90. The molecular weight excluding hydrogens is 580 g/mol. The van der Waals surface area contributed by atoms with E-state index in [9.17, 15) is 29.1 Å². The number of carboxylic acids is 2. The smallest absolute Gasteiger partial charge is 0.416 e. The van der Waals surface area contributed by atoms with Gasteiger partial charge in [-0.15, -0.1) is 6.58 Å². The predicted molar refractivity (Wildman–Crippen MR) is 153 cm³/mol. The third-order valence-electron chi connectivity index (χ3n) is 11.0. The number of rotatable bonds is 6. The number of nitrogens with one attached hydrogen (secondary N) is 1. The number of amides is 2. The lowest BCUT2D eigenvalue weighted by Gasteiger charge is -2.61. The first-order valence-electron chi connectivity index (χ1n) is 14.9. The molecular formula is C30H46N2O12. The maximum Gasteiger partial charge on any atom is 0.416 e. The molecule has 0 saturated heterocycles. The molecule has 8 N–H and O–H groups in total. The van der Waals surface area contributed by atoms with Gasteiger partial charge in [0.15, 0.2) is 12.2 Å². The second-order valence-corrected chi connectivity index (χ2v) is 13.4. The molecule has 4 aliphatic rings. The van der Waals surface area contributed by atoms with E-state index in [0.717, 1.165) is 19.3 Å². The molecule has 4 fully saturated rings. The lowest BCUT2D eigenvalue weighted by Crippen LogP contribution is -2.63. The van der Waals surface area contributed by atoms with Gasteiger partial charge < -0.3 is 40.7 Å². The molecule has 248 valence electrons. The molecule has 0 aliphatic heterocycles.